The highest BCUT2D eigenvalue weighted by Crippen LogP contribution is 2.51. The van der Waals surface area contributed by atoms with Gasteiger partial charge in [-0.2, -0.15) is 0 Å². The smallest absolute Gasteiger partial charge is 0.309 e. The Hall–Kier alpha value is -2.02. The molecule has 3 rings (SSSR count). The van der Waals surface area contributed by atoms with E-state index in [9.17, 15) is 9.59 Å². The van der Waals surface area contributed by atoms with E-state index < -0.39 is 11.8 Å². The van der Waals surface area contributed by atoms with E-state index in [1.807, 2.05) is 33.9 Å². The van der Waals surface area contributed by atoms with Crippen LogP contribution in [0.1, 0.15) is 50.7 Å². The molecule has 1 fully saturated rings. The summed E-state index contributed by atoms with van der Waals surface area (Å²) in [6.45, 7) is 7.99. The van der Waals surface area contributed by atoms with Crippen LogP contribution in [-0.2, 0) is 27.2 Å². The monoisotopic (exact) mass is 360 g/mol. The van der Waals surface area contributed by atoms with Crippen molar-refractivity contribution < 1.29 is 14.3 Å². The first kappa shape index (κ1) is 18.8. The lowest BCUT2D eigenvalue weighted by Crippen LogP contribution is -2.69. The quantitative estimate of drug-likeness (QED) is 0.787. The Morgan fingerprint density at radius 3 is 2.58 bits per heavy atom. The van der Waals surface area contributed by atoms with E-state index >= 15 is 0 Å². The lowest BCUT2D eigenvalue weighted by atomic mass is 9.56. The molecule has 2 N–H and O–H groups in total. The second-order valence-electron chi connectivity index (χ2n) is 8.19. The lowest BCUT2D eigenvalue weighted by Gasteiger charge is -2.59. The van der Waals surface area contributed by atoms with Gasteiger partial charge in [0.2, 0.25) is 0 Å². The minimum Gasteiger partial charge on any atom is -0.378 e. The standard InChI is InChI=1S/C19H28N4O3/c1-11-20-10-12-8-13(6-7-14(12)21-11)22-16(24)17(25)23-15-9-19(4,26-5)18(15,2)3/h10,13,15H,6-9H2,1-5H3,(H,22,24)(H,23,25). The van der Waals surface area contributed by atoms with Gasteiger partial charge in [-0.05, 0) is 45.1 Å². The lowest BCUT2D eigenvalue weighted by molar-refractivity contribution is -0.183. The maximum Gasteiger partial charge on any atom is 0.309 e. The Morgan fingerprint density at radius 2 is 1.92 bits per heavy atom. The molecule has 2 aliphatic carbocycles. The number of amides is 2. The zero-order valence-corrected chi connectivity index (χ0v) is 16.2. The fourth-order valence-electron chi connectivity index (χ4n) is 3.93. The van der Waals surface area contributed by atoms with Gasteiger partial charge in [0.15, 0.2) is 0 Å². The molecule has 1 heterocycles. The third-order valence-electron chi connectivity index (χ3n) is 6.40. The van der Waals surface area contributed by atoms with Crippen LogP contribution in [0, 0.1) is 12.3 Å². The number of nitrogens with one attached hydrogen (secondary N) is 2. The van der Waals surface area contributed by atoms with Gasteiger partial charge in [0.25, 0.3) is 0 Å². The average Bonchev–Trinajstić information content (AvgIpc) is 2.61. The van der Waals surface area contributed by atoms with Crippen molar-refractivity contribution in [1.29, 1.82) is 0 Å². The minimum absolute atomic E-state index is 0.0642. The summed E-state index contributed by atoms with van der Waals surface area (Å²) in [5.41, 5.74) is 1.58. The molecule has 26 heavy (non-hydrogen) atoms. The summed E-state index contributed by atoms with van der Waals surface area (Å²) in [6, 6.07) is -0.139. The van der Waals surface area contributed by atoms with E-state index in [1.54, 1.807) is 7.11 Å². The molecule has 2 amide bonds. The number of aromatic nitrogens is 2. The van der Waals surface area contributed by atoms with Crippen LogP contribution in [0.5, 0.6) is 0 Å². The van der Waals surface area contributed by atoms with E-state index in [1.165, 1.54) is 0 Å². The predicted molar refractivity (Wildman–Crippen MR) is 96.5 cm³/mol. The van der Waals surface area contributed by atoms with Crippen LogP contribution in [0.25, 0.3) is 0 Å². The molecule has 1 aromatic rings. The molecule has 0 aromatic carbocycles. The molecule has 142 valence electrons. The van der Waals surface area contributed by atoms with Crippen molar-refractivity contribution in [2.24, 2.45) is 5.41 Å². The normalized spacial score (nSPS) is 29.3. The van der Waals surface area contributed by atoms with Crippen LogP contribution in [0.15, 0.2) is 6.20 Å². The summed E-state index contributed by atoms with van der Waals surface area (Å²) < 4.78 is 5.56. The van der Waals surface area contributed by atoms with Crippen molar-refractivity contribution in [2.75, 3.05) is 7.11 Å². The van der Waals surface area contributed by atoms with E-state index in [0.29, 0.717) is 12.8 Å². The van der Waals surface area contributed by atoms with Gasteiger partial charge in [-0.25, -0.2) is 9.97 Å². The number of ether oxygens (including phenoxy) is 1. The second-order valence-corrected chi connectivity index (χ2v) is 8.19. The number of nitrogens with zero attached hydrogens (tertiary/aromatic N) is 2. The molecule has 3 unspecified atom stereocenters. The number of fused-ring (bicyclic) bond motifs is 1. The van der Waals surface area contributed by atoms with Crippen molar-refractivity contribution >= 4 is 11.8 Å². The Labute approximate surface area is 154 Å². The van der Waals surface area contributed by atoms with E-state index in [2.05, 4.69) is 20.6 Å². The minimum atomic E-state index is -0.577. The zero-order chi connectivity index (χ0) is 19.1. The highest BCUT2D eigenvalue weighted by Gasteiger charge is 2.58. The molecule has 0 spiro atoms. The van der Waals surface area contributed by atoms with Gasteiger partial charge in [-0.3, -0.25) is 9.59 Å². The molecule has 7 nitrogen and oxygen atoms in total. The largest absolute Gasteiger partial charge is 0.378 e. The fraction of sp³-hybridized carbons (Fsp3) is 0.684. The number of aryl methyl sites for hydroxylation is 2. The Bertz CT molecular complexity index is 733. The molecule has 0 bridgehead atoms. The molecule has 3 atom stereocenters. The third-order valence-corrected chi connectivity index (χ3v) is 6.40. The number of carbonyl (C=O) groups is 2. The van der Waals surface area contributed by atoms with Crippen molar-refractivity contribution in [1.82, 2.24) is 20.6 Å². The van der Waals surface area contributed by atoms with Crippen molar-refractivity contribution in [3.05, 3.63) is 23.3 Å². The maximum atomic E-state index is 12.3. The average molecular weight is 360 g/mol. The number of rotatable bonds is 3. The number of hydrogen-bond acceptors (Lipinski definition) is 5. The summed E-state index contributed by atoms with van der Waals surface area (Å²) in [5.74, 6) is -0.391. The molecule has 7 heteroatoms. The highest BCUT2D eigenvalue weighted by molar-refractivity contribution is 6.35. The second kappa shape index (κ2) is 6.61. The summed E-state index contributed by atoms with van der Waals surface area (Å²) >= 11 is 0. The molecule has 0 saturated heterocycles. The summed E-state index contributed by atoms with van der Waals surface area (Å²) in [6.07, 6.45) is 4.74. The molecule has 2 aliphatic rings. The predicted octanol–water partition coefficient (Wildman–Crippen LogP) is 1.08. The van der Waals surface area contributed by atoms with Gasteiger partial charge >= 0.3 is 11.8 Å². The number of carbonyl (C=O) groups excluding carboxylic acids is 2. The SMILES string of the molecule is COC1(C)CC(NC(=O)C(=O)NC2CCc3nc(C)ncc3C2)C1(C)C. The van der Waals surface area contributed by atoms with Gasteiger partial charge < -0.3 is 15.4 Å². The van der Waals surface area contributed by atoms with Crippen LogP contribution in [-0.4, -0.2) is 46.6 Å². The molecular formula is C19H28N4O3. The Balaban J connectivity index is 1.54. The van der Waals surface area contributed by atoms with Gasteiger partial charge in [0, 0.05) is 36.5 Å². The number of methoxy groups -OCH3 is 1. The van der Waals surface area contributed by atoms with Crippen LogP contribution in [0.4, 0.5) is 0 Å². The molecule has 0 aliphatic heterocycles. The van der Waals surface area contributed by atoms with Crippen LogP contribution >= 0.6 is 0 Å². The van der Waals surface area contributed by atoms with Crippen molar-refractivity contribution in [3.8, 4) is 0 Å². The van der Waals surface area contributed by atoms with Crippen molar-refractivity contribution in [2.45, 2.75) is 71.1 Å². The van der Waals surface area contributed by atoms with Gasteiger partial charge in [0.05, 0.1) is 5.60 Å². The van der Waals surface area contributed by atoms with Gasteiger partial charge in [-0.15, -0.1) is 0 Å². The summed E-state index contributed by atoms with van der Waals surface area (Å²) in [5, 5.41) is 5.71. The molecular weight excluding hydrogens is 332 g/mol. The molecule has 1 aromatic heterocycles. The Kier molecular flexibility index (Phi) is 4.77. The van der Waals surface area contributed by atoms with Crippen LogP contribution < -0.4 is 10.6 Å². The maximum absolute atomic E-state index is 12.3. The van der Waals surface area contributed by atoms with E-state index in [4.69, 9.17) is 4.74 Å². The first-order valence-electron chi connectivity index (χ1n) is 9.14. The number of hydrogen-bond donors (Lipinski definition) is 2. The van der Waals surface area contributed by atoms with Gasteiger partial charge in [0.1, 0.15) is 5.82 Å². The Morgan fingerprint density at radius 1 is 1.23 bits per heavy atom. The van der Waals surface area contributed by atoms with Crippen molar-refractivity contribution in [3.63, 3.8) is 0 Å². The first-order valence-corrected chi connectivity index (χ1v) is 9.14. The molecule has 1 saturated carbocycles. The zero-order valence-electron chi connectivity index (χ0n) is 16.2. The highest BCUT2D eigenvalue weighted by atomic mass is 16.5. The van der Waals surface area contributed by atoms with Crippen LogP contribution in [0.3, 0.4) is 0 Å². The fourth-order valence-corrected chi connectivity index (χ4v) is 3.93. The summed E-state index contributed by atoms with van der Waals surface area (Å²) in [7, 11) is 1.68. The topological polar surface area (TPSA) is 93.2 Å². The first-order chi connectivity index (χ1) is 12.2. The molecule has 0 radical (unpaired) electrons. The van der Waals surface area contributed by atoms with Gasteiger partial charge in [-0.1, -0.05) is 13.8 Å². The summed E-state index contributed by atoms with van der Waals surface area (Å²) in [4.78, 5) is 33.3. The van der Waals surface area contributed by atoms with E-state index in [0.717, 1.165) is 29.9 Å². The van der Waals surface area contributed by atoms with E-state index in [-0.39, 0.29) is 23.1 Å². The third kappa shape index (κ3) is 3.20. The van der Waals surface area contributed by atoms with Crippen LogP contribution in [0.2, 0.25) is 0 Å².